The zero-order valence-corrected chi connectivity index (χ0v) is 11.8. The van der Waals surface area contributed by atoms with Crippen LogP contribution in [0.5, 0.6) is 0 Å². The fourth-order valence-electron chi connectivity index (χ4n) is 1.50. The summed E-state index contributed by atoms with van der Waals surface area (Å²) in [5, 5.41) is 18.7. The summed E-state index contributed by atoms with van der Waals surface area (Å²) in [5.74, 6) is 0. The molecule has 102 valence electrons. The maximum atomic E-state index is 11.8. The normalized spacial score (nSPS) is 10.7. The van der Waals surface area contributed by atoms with E-state index in [1.165, 1.54) is 17.5 Å². The molecule has 6 nitrogen and oxygen atoms in total. The molecule has 0 aliphatic heterocycles. The van der Waals surface area contributed by atoms with Crippen LogP contribution in [0.4, 0.5) is 5.69 Å². The van der Waals surface area contributed by atoms with Gasteiger partial charge in [-0.3, -0.25) is 4.79 Å². The van der Waals surface area contributed by atoms with Crippen LogP contribution in [0.2, 0.25) is 5.02 Å². The molecular weight excluding hydrogens is 288 g/mol. The Morgan fingerprint density at radius 1 is 1.58 bits per heavy atom. The van der Waals surface area contributed by atoms with E-state index in [-0.39, 0.29) is 18.2 Å². The van der Waals surface area contributed by atoms with Gasteiger partial charge >= 0.3 is 0 Å². The zero-order valence-electron chi connectivity index (χ0n) is 10.3. The molecular formula is C11H13ClN4O2S. The first-order chi connectivity index (χ1) is 9.11. The van der Waals surface area contributed by atoms with Crippen molar-refractivity contribution >= 4 is 28.6 Å². The van der Waals surface area contributed by atoms with Gasteiger partial charge in [0.1, 0.15) is 10.0 Å². The van der Waals surface area contributed by atoms with E-state index in [1.807, 2.05) is 12.3 Å². The largest absolute Gasteiger partial charge is 0.394 e. The summed E-state index contributed by atoms with van der Waals surface area (Å²) in [4.78, 5) is 16.1. The Hall–Kier alpha value is -1.44. The average Bonchev–Trinajstić information content (AvgIpc) is 2.80. The molecule has 0 unspecified atom stereocenters. The number of aliphatic hydroxyl groups excluding tert-OH is 1. The van der Waals surface area contributed by atoms with Gasteiger partial charge in [0.15, 0.2) is 0 Å². The standard InChI is InChI=1S/C11H13ClN4O2S/c1-7-6-19-9(15-7)5-13-8-4-14-16(2-3-17)11(18)10(8)12/h4,6,13,17H,2-3,5H2,1H3. The number of aryl methyl sites for hydroxylation is 1. The summed E-state index contributed by atoms with van der Waals surface area (Å²) in [6, 6.07) is 0. The van der Waals surface area contributed by atoms with E-state index < -0.39 is 5.56 Å². The number of nitrogens with one attached hydrogen (secondary N) is 1. The van der Waals surface area contributed by atoms with Crippen LogP contribution in [0, 0.1) is 6.92 Å². The first-order valence-electron chi connectivity index (χ1n) is 5.63. The van der Waals surface area contributed by atoms with E-state index in [4.69, 9.17) is 16.7 Å². The molecule has 0 fully saturated rings. The van der Waals surface area contributed by atoms with Gasteiger partial charge in [-0.15, -0.1) is 11.3 Å². The van der Waals surface area contributed by atoms with Gasteiger partial charge in [0.05, 0.1) is 31.6 Å². The summed E-state index contributed by atoms with van der Waals surface area (Å²) >= 11 is 7.51. The summed E-state index contributed by atoms with van der Waals surface area (Å²) in [7, 11) is 0. The van der Waals surface area contributed by atoms with Crippen LogP contribution in [0.1, 0.15) is 10.7 Å². The number of rotatable bonds is 5. The molecule has 19 heavy (non-hydrogen) atoms. The lowest BCUT2D eigenvalue weighted by Crippen LogP contribution is -2.25. The molecule has 0 spiro atoms. The lowest BCUT2D eigenvalue weighted by molar-refractivity contribution is 0.266. The Balaban J connectivity index is 2.13. The molecule has 0 saturated carbocycles. The van der Waals surface area contributed by atoms with Gasteiger partial charge < -0.3 is 10.4 Å². The predicted molar refractivity (Wildman–Crippen MR) is 74.8 cm³/mol. The monoisotopic (exact) mass is 300 g/mol. The molecule has 0 aliphatic rings. The minimum absolute atomic E-state index is 0.0664. The highest BCUT2D eigenvalue weighted by molar-refractivity contribution is 7.09. The second kappa shape index (κ2) is 6.14. The molecule has 2 N–H and O–H groups in total. The first-order valence-corrected chi connectivity index (χ1v) is 6.89. The Morgan fingerprint density at radius 2 is 2.37 bits per heavy atom. The summed E-state index contributed by atoms with van der Waals surface area (Å²) in [6.45, 7) is 2.38. The van der Waals surface area contributed by atoms with Gasteiger partial charge in [0.25, 0.3) is 5.56 Å². The quantitative estimate of drug-likeness (QED) is 0.869. The third-order valence-corrected chi connectivity index (χ3v) is 3.73. The fraction of sp³-hybridized carbons (Fsp3) is 0.364. The SMILES string of the molecule is Cc1csc(CNc2cnn(CCO)c(=O)c2Cl)n1. The minimum Gasteiger partial charge on any atom is -0.394 e. The molecule has 0 atom stereocenters. The Labute approximate surface area is 118 Å². The van der Waals surface area contributed by atoms with Gasteiger partial charge in [-0.25, -0.2) is 9.67 Å². The predicted octanol–water partition coefficient (Wildman–Crippen LogP) is 1.27. The van der Waals surface area contributed by atoms with Crippen LogP contribution >= 0.6 is 22.9 Å². The molecule has 2 rings (SSSR count). The molecule has 0 bridgehead atoms. The van der Waals surface area contributed by atoms with Crippen molar-refractivity contribution < 1.29 is 5.11 Å². The second-order valence-electron chi connectivity index (χ2n) is 3.86. The molecule has 0 amide bonds. The van der Waals surface area contributed by atoms with Gasteiger partial charge in [-0.2, -0.15) is 5.10 Å². The number of aliphatic hydroxyl groups is 1. The maximum Gasteiger partial charge on any atom is 0.287 e. The van der Waals surface area contributed by atoms with Gasteiger partial charge in [-0.05, 0) is 6.92 Å². The Bertz CT molecular complexity index is 625. The highest BCUT2D eigenvalue weighted by Gasteiger charge is 2.09. The van der Waals surface area contributed by atoms with Crippen LogP contribution < -0.4 is 10.9 Å². The van der Waals surface area contributed by atoms with Crippen molar-refractivity contribution in [2.75, 3.05) is 11.9 Å². The Morgan fingerprint density at radius 3 is 3.00 bits per heavy atom. The summed E-state index contributed by atoms with van der Waals surface area (Å²) < 4.78 is 1.13. The number of thiazole rings is 1. The van der Waals surface area contributed by atoms with E-state index in [2.05, 4.69) is 15.4 Å². The maximum absolute atomic E-state index is 11.8. The summed E-state index contributed by atoms with van der Waals surface area (Å²) in [5.41, 5.74) is 1.01. The Kier molecular flexibility index (Phi) is 4.52. The van der Waals surface area contributed by atoms with Crippen molar-refractivity contribution in [2.24, 2.45) is 0 Å². The number of hydrogen-bond donors (Lipinski definition) is 2. The van der Waals surface area contributed by atoms with E-state index in [0.29, 0.717) is 12.2 Å². The lowest BCUT2D eigenvalue weighted by Gasteiger charge is -2.08. The van der Waals surface area contributed by atoms with Crippen molar-refractivity contribution in [1.29, 1.82) is 0 Å². The van der Waals surface area contributed by atoms with Gasteiger partial charge in [-0.1, -0.05) is 11.6 Å². The topological polar surface area (TPSA) is 80.0 Å². The van der Waals surface area contributed by atoms with Crippen molar-refractivity contribution in [2.45, 2.75) is 20.0 Å². The molecule has 0 aromatic carbocycles. The van der Waals surface area contributed by atoms with Crippen LogP contribution in [-0.2, 0) is 13.1 Å². The van der Waals surface area contributed by atoms with Crippen LogP contribution in [0.3, 0.4) is 0 Å². The van der Waals surface area contributed by atoms with E-state index in [0.717, 1.165) is 15.4 Å². The van der Waals surface area contributed by atoms with Crippen molar-refractivity contribution in [3.8, 4) is 0 Å². The minimum atomic E-state index is -0.420. The number of halogens is 1. The third kappa shape index (κ3) is 3.31. The third-order valence-electron chi connectivity index (χ3n) is 2.39. The van der Waals surface area contributed by atoms with Crippen molar-refractivity contribution in [3.63, 3.8) is 0 Å². The second-order valence-corrected chi connectivity index (χ2v) is 5.18. The molecule has 2 aromatic rings. The number of hydrogen-bond acceptors (Lipinski definition) is 6. The van der Waals surface area contributed by atoms with E-state index >= 15 is 0 Å². The van der Waals surface area contributed by atoms with Gasteiger partial charge in [0.2, 0.25) is 0 Å². The average molecular weight is 301 g/mol. The molecule has 2 heterocycles. The zero-order chi connectivity index (χ0) is 13.8. The van der Waals surface area contributed by atoms with Crippen molar-refractivity contribution in [1.82, 2.24) is 14.8 Å². The number of anilines is 1. The van der Waals surface area contributed by atoms with Crippen LogP contribution in [-0.4, -0.2) is 26.5 Å². The smallest absolute Gasteiger partial charge is 0.287 e. The highest BCUT2D eigenvalue weighted by Crippen LogP contribution is 2.17. The van der Waals surface area contributed by atoms with Crippen molar-refractivity contribution in [3.05, 3.63) is 37.7 Å². The van der Waals surface area contributed by atoms with Crippen LogP contribution in [0.25, 0.3) is 0 Å². The van der Waals surface area contributed by atoms with Gasteiger partial charge in [0, 0.05) is 11.1 Å². The molecule has 2 aromatic heterocycles. The fourth-order valence-corrected chi connectivity index (χ4v) is 2.42. The van der Waals surface area contributed by atoms with E-state index in [9.17, 15) is 4.79 Å². The number of nitrogens with zero attached hydrogens (tertiary/aromatic N) is 3. The first kappa shape index (κ1) is 14.0. The molecule has 0 radical (unpaired) electrons. The van der Waals surface area contributed by atoms with E-state index in [1.54, 1.807) is 0 Å². The molecule has 0 saturated heterocycles. The molecule has 0 aliphatic carbocycles. The number of aromatic nitrogens is 3. The molecule has 8 heteroatoms. The lowest BCUT2D eigenvalue weighted by atomic mass is 10.4. The summed E-state index contributed by atoms with van der Waals surface area (Å²) in [6.07, 6.45) is 1.47. The highest BCUT2D eigenvalue weighted by atomic mass is 35.5. The van der Waals surface area contributed by atoms with Crippen LogP contribution in [0.15, 0.2) is 16.4 Å².